The van der Waals surface area contributed by atoms with Gasteiger partial charge in [0.2, 0.25) is 11.8 Å². The Morgan fingerprint density at radius 2 is 1.97 bits per heavy atom. The van der Waals surface area contributed by atoms with Gasteiger partial charge in [-0.1, -0.05) is 6.07 Å². The molecule has 9 heteroatoms. The molecule has 0 aliphatic carbocycles. The van der Waals surface area contributed by atoms with Gasteiger partial charge in [0, 0.05) is 41.5 Å². The zero-order valence-electron chi connectivity index (χ0n) is 17.5. The van der Waals surface area contributed by atoms with Crippen LogP contribution in [-0.2, 0) is 16.1 Å². The predicted molar refractivity (Wildman–Crippen MR) is 128 cm³/mol. The molecule has 1 amide bonds. The maximum atomic E-state index is 11.3. The number of carbonyl (C=O) groups is 1. The van der Waals surface area contributed by atoms with Crippen LogP contribution in [0.2, 0.25) is 0 Å². The predicted octanol–water partition coefficient (Wildman–Crippen LogP) is 5.00. The number of morpholine rings is 1. The van der Waals surface area contributed by atoms with Crippen molar-refractivity contribution in [2.24, 2.45) is 0 Å². The van der Waals surface area contributed by atoms with Crippen LogP contribution in [0.25, 0.3) is 20.7 Å². The number of thiophene rings is 2. The van der Waals surface area contributed by atoms with Crippen LogP contribution in [0, 0.1) is 0 Å². The minimum Gasteiger partial charge on any atom is -0.438 e. The van der Waals surface area contributed by atoms with Crippen LogP contribution < -0.4 is 10.1 Å². The van der Waals surface area contributed by atoms with Crippen molar-refractivity contribution in [2.45, 2.75) is 13.5 Å². The highest BCUT2D eigenvalue weighted by atomic mass is 32.1. The molecule has 1 aromatic carbocycles. The van der Waals surface area contributed by atoms with Crippen molar-refractivity contribution in [3.8, 4) is 22.1 Å². The Balaban J connectivity index is 1.51. The number of aromatic nitrogens is 2. The minimum absolute atomic E-state index is 0.109. The van der Waals surface area contributed by atoms with Crippen molar-refractivity contribution in [1.29, 1.82) is 0 Å². The Morgan fingerprint density at radius 1 is 1.16 bits per heavy atom. The van der Waals surface area contributed by atoms with E-state index in [0.29, 0.717) is 18.2 Å². The van der Waals surface area contributed by atoms with Crippen LogP contribution in [-0.4, -0.2) is 47.1 Å². The lowest BCUT2D eigenvalue weighted by molar-refractivity contribution is -0.114. The van der Waals surface area contributed by atoms with Gasteiger partial charge < -0.3 is 14.8 Å². The zero-order valence-corrected chi connectivity index (χ0v) is 19.2. The van der Waals surface area contributed by atoms with Crippen molar-refractivity contribution in [3.63, 3.8) is 0 Å². The second kappa shape index (κ2) is 9.33. The van der Waals surface area contributed by atoms with Crippen LogP contribution >= 0.6 is 22.7 Å². The SMILES string of the molecule is CC(=O)Nc1ccc(Oc2nc(CN3CCOCC3)nc3scc(-c4cccs4)c23)cc1. The largest absolute Gasteiger partial charge is 0.438 e. The molecule has 32 heavy (non-hydrogen) atoms. The number of carbonyl (C=O) groups excluding carboxylic acids is 1. The smallest absolute Gasteiger partial charge is 0.232 e. The number of ether oxygens (including phenoxy) is 2. The first-order valence-corrected chi connectivity index (χ1v) is 12.1. The maximum Gasteiger partial charge on any atom is 0.232 e. The van der Waals surface area contributed by atoms with Gasteiger partial charge in [-0.2, -0.15) is 4.98 Å². The summed E-state index contributed by atoms with van der Waals surface area (Å²) in [5, 5.41) is 7.88. The van der Waals surface area contributed by atoms with Crippen molar-refractivity contribution < 1.29 is 14.3 Å². The lowest BCUT2D eigenvalue weighted by Gasteiger charge is -2.25. The number of benzene rings is 1. The van der Waals surface area contributed by atoms with Crippen molar-refractivity contribution in [1.82, 2.24) is 14.9 Å². The van der Waals surface area contributed by atoms with Gasteiger partial charge in [-0.3, -0.25) is 9.69 Å². The van der Waals surface area contributed by atoms with Crippen LogP contribution in [0.15, 0.2) is 47.2 Å². The molecule has 4 heterocycles. The van der Waals surface area contributed by atoms with E-state index in [1.165, 1.54) is 6.92 Å². The average molecular weight is 467 g/mol. The molecule has 1 aliphatic rings. The third kappa shape index (κ3) is 4.66. The van der Waals surface area contributed by atoms with E-state index in [9.17, 15) is 4.79 Å². The van der Waals surface area contributed by atoms with E-state index in [1.807, 2.05) is 30.3 Å². The summed E-state index contributed by atoms with van der Waals surface area (Å²) in [7, 11) is 0. The highest BCUT2D eigenvalue weighted by Gasteiger charge is 2.20. The molecule has 1 fully saturated rings. The van der Waals surface area contributed by atoms with Gasteiger partial charge in [0.15, 0.2) is 0 Å². The van der Waals surface area contributed by atoms with Crippen LogP contribution in [0.4, 0.5) is 5.69 Å². The first-order chi connectivity index (χ1) is 15.7. The molecule has 1 saturated heterocycles. The third-order valence-corrected chi connectivity index (χ3v) is 6.87. The van der Waals surface area contributed by atoms with Gasteiger partial charge in [-0.05, 0) is 35.7 Å². The molecule has 5 rings (SSSR count). The number of amides is 1. The molecular formula is C23H22N4O3S2. The maximum absolute atomic E-state index is 11.3. The van der Waals surface area contributed by atoms with Crippen LogP contribution in [0.3, 0.4) is 0 Å². The van der Waals surface area contributed by atoms with E-state index in [0.717, 1.165) is 58.5 Å². The standard InChI is InChI=1S/C23H22N4O3S2/c1-15(28)24-16-4-6-17(7-5-16)30-22-21-18(19-3-2-12-31-19)14-32-23(21)26-20(25-22)13-27-8-10-29-11-9-27/h2-7,12,14H,8-11,13H2,1H3,(H,24,28). The van der Waals surface area contributed by atoms with Gasteiger partial charge in [0.05, 0.1) is 25.1 Å². The van der Waals surface area contributed by atoms with Gasteiger partial charge in [-0.15, -0.1) is 22.7 Å². The number of fused-ring (bicyclic) bond motifs is 1. The van der Waals surface area contributed by atoms with Crippen molar-refractivity contribution >= 4 is 44.5 Å². The molecular weight excluding hydrogens is 444 g/mol. The number of nitrogens with one attached hydrogen (secondary N) is 1. The van der Waals surface area contributed by atoms with Crippen LogP contribution in [0.1, 0.15) is 12.7 Å². The molecule has 0 radical (unpaired) electrons. The van der Waals surface area contributed by atoms with Crippen LogP contribution in [0.5, 0.6) is 11.6 Å². The Hall–Kier alpha value is -2.85. The molecule has 0 spiro atoms. The number of hydrogen-bond acceptors (Lipinski definition) is 8. The van der Waals surface area contributed by atoms with E-state index in [4.69, 9.17) is 19.4 Å². The topological polar surface area (TPSA) is 76.6 Å². The highest BCUT2D eigenvalue weighted by molar-refractivity contribution is 7.18. The molecule has 0 bridgehead atoms. The summed E-state index contributed by atoms with van der Waals surface area (Å²) in [6.07, 6.45) is 0. The molecule has 0 unspecified atom stereocenters. The number of anilines is 1. The average Bonchev–Trinajstić information content (AvgIpc) is 3.45. The quantitative estimate of drug-likeness (QED) is 0.431. The summed E-state index contributed by atoms with van der Waals surface area (Å²) in [6, 6.07) is 11.4. The number of rotatable bonds is 6. The second-order valence-electron chi connectivity index (χ2n) is 7.45. The monoisotopic (exact) mass is 466 g/mol. The van der Waals surface area contributed by atoms with E-state index < -0.39 is 0 Å². The zero-order chi connectivity index (χ0) is 21.9. The Kier molecular flexibility index (Phi) is 6.13. The Morgan fingerprint density at radius 3 is 2.69 bits per heavy atom. The molecule has 1 N–H and O–H groups in total. The van der Waals surface area contributed by atoms with Gasteiger partial charge in [0.1, 0.15) is 16.4 Å². The first kappa shape index (κ1) is 21.0. The van der Waals surface area contributed by atoms with Crippen molar-refractivity contribution in [3.05, 3.63) is 53.0 Å². The fraction of sp³-hybridized carbons (Fsp3) is 0.261. The summed E-state index contributed by atoms with van der Waals surface area (Å²) in [5.74, 6) is 1.83. The van der Waals surface area contributed by atoms with E-state index in [1.54, 1.807) is 22.7 Å². The summed E-state index contributed by atoms with van der Waals surface area (Å²) in [5.41, 5.74) is 1.81. The van der Waals surface area contributed by atoms with Crippen molar-refractivity contribution in [2.75, 3.05) is 31.6 Å². The fourth-order valence-corrected chi connectivity index (χ4v) is 5.36. The molecule has 1 aliphatic heterocycles. The molecule has 4 aromatic rings. The fourth-order valence-electron chi connectivity index (χ4n) is 3.59. The van der Waals surface area contributed by atoms with Gasteiger partial charge in [-0.25, -0.2) is 4.98 Å². The number of hydrogen-bond donors (Lipinski definition) is 1. The first-order valence-electron chi connectivity index (χ1n) is 10.3. The van der Waals surface area contributed by atoms with Gasteiger partial charge in [0.25, 0.3) is 0 Å². The minimum atomic E-state index is -0.109. The Labute approximate surface area is 193 Å². The summed E-state index contributed by atoms with van der Waals surface area (Å²) in [6.45, 7) is 5.34. The molecule has 7 nitrogen and oxygen atoms in total. The lowest BCUT2D eigenvalue weighted by Crippen LogP contribution is -2.36. The third-order valence-electron chi connectivity index (χ3n) is 5.09. The summed E-state index contributed by atoms with van der Waals surface area (Å²) >= 11 is 3.29. The highest BCUT2D eigenvalue weighted by Crippen LogP contribution is 2.41. The lowest BCUT2D eigenvalue weighted by atomic mass is 10.2. The molecule has 0 atom stereocenters. The van der Waals surface area contributed by atoms with E-state index >= 15 is 0 Å². The molecule has 3 aromatic heterocycles. The van der Waals surface area contributed by atoms with E-state index in [-0.39, 0.29) is 5.91 Å². The normalized spacial score (nSPS) is 14.5. The molecule has 164 valence electrons. The van der Waals surface area contributed by atoms with E-state index in [2.05, 4.69) is 27.0 Å². The van der Waals surface area contributed by atoms with Gasteiger partial charge >= 0.3 is 0 Å². The summed E-state index contributed by atoms with van der Waals surface area (Å²) in [4.78, 5) is 25.3. The summed E-state index contributed by atoms with van der Waals surface area (Å²) < 4.78 is 11.7. The Bertz CT molecular complexity index is 1220. The second-order valence-corrected chi connectivity index (χ2v) is 9.25. The number of nitrogens with zero attached hydrogens (tertiary/aromatic N) is 3. The molecule has 0 saturated carbocycles.